The molecular formula is C7H18N2. The van der Waals surface area contributed by atoms with Crippen LogP contribution in [0.25, 0.3) is 0 Å². The largest absolute Gasteiger partial charge is 0.319 e. The van der Waals surface area contributed by atoms with Gasteiger partial charge in [0.1, 0.15) is 0 Å². The predicted molar refractivity (Wildman–Crippen MR) is 41.6 cm³/mol. The van der Waals surface area contributed by atoms with E-state index >= 15 is 0 Å². The van der Waals surface area contributed by atoms with Gasteiger partial charge in [-0.05, 0) is 45.4 Å². The van der Waals surface area contributed by atoms with Gasteiger partial charge in [0.15, 0.2) is 0 Å². The van der Waals surface area contributed by atoms with E-state index in [0.717, 1.165) is 5.92 Å². The molecule has 2 N–H and O–H groups in total. The number of hydrogen-bond donors (Lipinski definition) is 2. The SMILES string of the molecule is CNCC1CCNCC1.[3HH]. The molecule has 56 valence electrons. The fourth-order valence-corrected chi connectivity index (χ4v) is 1.37. The normalized spacial score (nSPS) is 22.3. The summed E-state index contributed by atoms with van der Waals surface area (Å²) in [4.78, 5) is 0. The fourth-order valence-electron chi connectivity index (χ4n) is 1.37. The quantitative estimate of drug-likeness (QED) is 0.570. The fraction of sp³-hybridized carbons (Fsp3) is 1.00. The van der Waals surface area contributed by atoms with Crippen LogP contribution in [0.15, 0.2) is 0 Å². The van der Waals surface area contributed by atoms with Crippen molar-refractivity contribution in [3.8, 4) is 0 Å². The van der Waals surface area contributed by atoms with Crippen molar-refractivity contribution in [2.24, 2.45) is 5.92 Å². The summed E-state index contributed by atoms with van der Waals surface area (Å²) in [5, 5.41) is 6.55. The lowest BCUT2D eigenvalue weighted by Crippen LogP contribution is -2.32. The second kappa shape index (κ2) is 3.85. The molecule has 0 aromatic carbocycles. The van der Waals surface area contributed by atoms with Gasteiger partial charge >= 0.3 is 0 Å². The molecule has 0 aromatic rings. The van der Waals surface area contributed by atoms with Crippen molar-refractivity contribution in [1.82, 2.24) is 10.6 Å². The standard InChI is InChI=1S/C7H16N2.H2/c1-8-6-7-2-4-9-5-3-7;/h7-9H,2-6H2,1H3;1H/i;1+2. The highest BCUT2D eigenvalue weighted by Gasteiger charge is 2.10. The lowest BCUT2D eigenvalue weighted by Gasteiger charge is -2.21. The van der Waals surface area contributed by atoms with Crippen LogP contribution >= 0.6 is 0 Å². The van der Waals surface area contributed by atoms with Gasteiger partial charge in [0.05, 0.1) is 0 Å². The highest BCUT2D eigenvalue weighted by Crippen LogP contribution is 2.08. The average Bonchev–Trinajstić information content (AvgIpc) is 1.91. The molecule has 0 aromatic heterocycles. The van der Waals surface area contributed by atoms with Crippen molar-refractivity contribution in [1.29, 1.82) is 0 Å². The molecule has 0 amide bonds. The van der Waals surface area contributed by atoms with Crippen LogP contribution < -0.4 is 10.6 Å². The highest BCUT2D eigenvalue weighted by molar-refractivity contribution is 4.69. The third-order valence-corrected chi connectivity index (χ3v) is 1.95. The zero-order chi connectivity index (χ0) is 6.53. The Labute approximate surface area is 58.5 Å². The Kier molecular flexibility index (Phi) is 3.01. The van der Waals surface area contributed by atoms with Gasteiger partial charge in [-0.25, -0.2) is 0 Å². The minimum atomic E-state index is 0. The zero-order valence-corrected chi connectivity index (χ0v) is 6.11. The van der Waals surface area contributed by atoms with Gasteiger partial charge in [-0.2, -0.15) is 0 Å². The van der Waals surface area contributed by atoms with Gasteiger partial charge in [-0.1, -0.05) is 0 Å². The van der Waals surface area contributed by atoms with Crippen LogP contribution in [0.2, 0.25) is 0 Å². The number of nitrogens with one attached hydrogen (secondary N) is 2. The molecule has 1 saturated heterocycles. The topological polar surface area (TPSA) is 24.1 Å². The van der Waals surface area contributed by atoms with E-state index < -0.39 is 0 Å². The number of piperidine rings is 1. The van der Waals surface area contributed by atoms with E-state index in [-0.39, 0.29) is 1.43 Å². The van der Waals surface area contributed by atoms with Crippen molar-refractivity contribution < 1.29 is 1.43 Å². The first-order valence-corrected chi connectivity index (χ1v) is 3.79. The monoisotopic (exact) mass is 132 g/mol. The second-order valence-corrected chi connectivity index (χ2v) is 2.75. The van der Waals surface area contributed by atoms with Gasteiger partial charge < -0.3 is 10.6 Å². The summed E-state index contributed by atoms with van der Waals surface area (Å²) >= 11 is 0. The molecule has 9 heavy (non-hydrogen) atoms. The molecule has 1 aliphatic rings. The van der Waals surface area contributed by atoms with Crippen molar-refractivity contribution in [2.45, 2.75) is 12.8 Å². The van der Waals surface area contributed by atoms with Crippen molar-refractivity contribution in [3.05, 3.63) is 0 Å². The van der Waals surface area contributed by atoms with Crippen LogP contribution in [0.3, 0.4) is 0 Å². The molecule has 0 radical (unpaired) electrons. The van der Waals surface area contributed by atoms with E-state index in [9.17, 15) is 0 Å². The highest BCUT2D eigenvalue weighted by atomic mass is 14.9. The van der Waals surface area contributed by atoms with E-state index in [2.05, 4.69) is 10.6 Å². The summed E-state index contributed by atoms with van der Waals surface area (Å²) in [5.41, 5.74) is 0. The maximum atomic E-state index is 3.35. The Balaban J connectivity index is 0.000000810. The van der Waals surface area contributed by atoms with E-state index in [1.165, 1.54) is 32.5 Å². The molecular weight excluding hydrogens is 112 g/mol. The Morgan fingerprint density at radius 2 is 2.22 bits per heavy atom. The first-order chi connectivity index (χ1) is 4.43. The summed E-state index contributed by atoms with van der Waals surface area (Å²) in [6.07, 6.45) is 2.70. The first kappa shape index (κ1) is 7.03. The first-order valence-electron chi connectivity index (χ1n) is 3.79. The molecule has 1 heterocycles. The summed E-state index contributed by atoms with van der Waals surface area (Å²) in [6, 6.07) is 0. The van der Waals surface area contributed by atoms with Gasteiger partial charge in [0.25, 0.3) is 0 Å². The Morgan fingerprint density at radius 3 is 2.78 bits per heavy atom. The molecule has 2 nitrogen and oxygen atoms in total. The van der Waals surface area contributed by atoms with Crippen LogP contribution in [0, 0.1) is 5.92 Å². The second-order valence-electron chi connectivity index (χ2n) is 2.75. The third kappa shape index (κ3) is 2.33. The van der Waals surface area contributed by atoms with Crippen LogP contribution in [-0.4, -0.2) is 26.7 Å². The third-order valence-electron chi connectivity index (χ3n) is 1.95. The Morgan fingerprint density at radius 1 is 1.56 bits per heavy atom. The van der Waals surface area contributed by atoms with Crippen molar-refractivity contribution >= 4 is 0 Å². The van der Waals surface area contributed by atoms with E-state index in [4.69, 9.17) is 0 Å². The molecule has 0 aliphatic carbocycles. The molecule has 1 fully saturated rings. The van der Waals surface area contributed by atoms with Gasteiger partial charge in [-0.15, -0.1) is 0 Å². The molecule has 0 saturated carbocycles. The molecule has 1 aliphatic heterocycles. The summed E-state index contributed by atoms with van der Waals surface area (Å²) < 4.78 is 0. The van der Waals surface area contributed by atoms with Crippen LogP contribution in [0.5, 0.6) is 0 Å². The Hall–Kier alpha value is -0.0800. The molecule has 0 spiro atoms. The summed E-state index contributed by atoms with van der Waals surface area (Å²) in [7, 11) is 2.03. The van der Waals surface area contributed by atoms with E-state index in [0.29, 0.717) is 0 Å². The predicted octanol–water partition coefficient (Wildman–Crippen LogP) is 0.451. The van der Waals surface area contributed by atoms with Crippen LogP contribution in [0.1, 0.15) is 14.3 Å². The number of hydrogen-bond acceptors (Lipinski definition) is 2. The Bertz CT molecular complexity index is 69.3. The number of rotatable bonds is 2. The summed E-state index contributed by atoms with van der Waals surface area (Å²) in [6.45, 7) is 3.63. The maximum Gasteiger partial charge on any atom is 0 e. The molecule has 0 unspecified atom stereocenters. The van der Waals surface area contributed by atoms with Gasteiger partial charge in [0, 0.05) is 1.43 Å². The molecule has 0 bridgehead atoms. The van der Waals surface area contributed by atoms with E-state index in [1.54, 1.807) is 0 Å². The minimum absolute atomic E-state index is 0. The molecule has 1 rings (SSSR count). The minimum Gasteiger partial charge on any atom is -0.319 e. The van der Waals surface area contributed by atoms with Crippen LogP contribution in [0.4, 0.5) is 0 Å². The van der Waals surface area contributed by atoms with Crippen molar-refractivity contribution in [2.75, 3.05) is 26.7 Å². The lowest BCUT2D eigenvalue weighted by atomic mass is 9.98. The van der Waals surface area contributed by atoms with Crippen LogP contribution in [-0.2, 0) is 0 Å². The van der Waals surface area contributed by atoms with Crippen molar-refractivity contribution in [3.63, 3.8) is 0 Å². The smallest absolute Gasteiger partial charge is 0 e. The molecule has 2 heteroatoms. The summed E-state index contributed by atoms with van der Waals surface area (Å²) in [5.74, 6) is 0.927. The molecule has 0 atom stereocenters. The van der Waals surface area contributed by atoms with E-state index in [1.807, 2.05) is 7.05 Å². The maximum absolute atomic E-state index is 3.35. The van der Waals surface area contributed by atoms with Gasteiger partial charge in [-0.3, -0.25) is 0 Å². The average molecular weight is 132 g/mol. The lowest BCUT2D eigenvalue weighted by molar-refractivity contribution is 0.365. The van der Waals surface area contributed by atoms with Gasteiger partial charge in [0.2, 0.25) is 0 Å². The zero-order valence-electron chi connectivity index (χ0n) is 6.11.